The highest BCUT2D eigenvalue weighted by Crippen LogP contribution is 2.16. The number of nitrogens with one attached hydrogen (secondary N) is 1. The van der Waals surface area contributed by atoms with Crippen molar-refractivity contribution in [3.63, 3.8) is 0 Å². The summed E-state index contributed by atoms with van der Waals surface area (Å²) in [6.07, 6.45) is 75.8. The van der Waals surface area contributed by atoms with Gasteiger partial charge in [0.05, 0.1) is 18.8 Å². The zero-order chi connectivity index (χ0) is 44.2. The minimum absolute atomic E-state index is 0.0655. The van der Waals surface area contributed by atoms with Crippen LogP contribution in [0.3, 0.4) is 0 Å². The van der Waals surface area contributed by atoms with Gasteiger partial charge < -0.3 is 15.5 Å². The van der Waals surface area contributed by atoms with Crippen molar-refractivity contribution in [3.8, 4) is 0 Å². The highest BCUT2D eigenvalue weighted by atomic mass is 16.3. The van der Waals surface area contributed by atoms with Gasteiger partial charge in [-0.2, -0.15) is 0 Å². The van der Waals surface area contributed by atoms with Crippen molar-refractivity contribution in [3.05, 3.63) is 85.1 Å². The molecular formula is C57H101NO3. The predicted octanol–water partition coefficient (Wildman–Crippen LogP) is 17.2. The fourth-order valence-electron chi connectivity index (χ4n) is 7.65. The maximum atomic E-state index is 12.4. The van der Waals surface area contributed by atoms with E-state index in [9.17, 15) is 15.0 Å². The summed E-state index contributed by atoms with van der Waals surface area (Å²) in [7, 11) is 0. The number of hydrogen-bond acceptors (Lipinski definition) is 3. The van der Waals surface area contributed by atoms with Gasteiger partial charge in [-0.05, 0) is 70.6 Å². The highest BCUT2D eigenvalue weighted by Gasteiger charge is 2.18. The molecule has 61 heavy (non-hydrogen) atoms. The van der Waals surface area contributed by atoms with Crippen LogP contribution in [0.1, 0.15) is 251 Å². The van der Waals surface area contributed by atoms with Gasteiger partial charge in [0.15, 0.2) is 0 Å². The van der Waals surface area contributed by atoms with E-state index in [1.54, 1.807) is 6.08 Å². The number of aliphatic hydroxyl groups excluding tert-OH is 2. The van der Waals surface area contributed by atoms with Gasteiger partial charge >= 0.3 is 0 Å². The predicted molar refractivity (Wildman–Crippen MR) is 271 cm³/mol. The smallest absolute Gasteiger partial charge is 0.220 e. The molecule has 0 bridgehead atoms. The van der Waals surface area contributed by atoms with E-state index in [0.717, 1.165) is 64.2 Å². The maximum Gasteiger partial charge on any atom is 0.220 e. The molecule has 0 aromatic carbocycles. The Hall–Kier alpha value is -2.43. The van der Waals surface area contributed by atoms with E-state index >= 15 is 0 Å². The van der Waals surface area contributed by atoms with Crippen LogP contribution in [0.15, 0.2) is 85.1 Å². The number of rotatable bonds is 47. The third-order valence-electron chi connectivity index (χ3n) is 11.6. The molecule has 0 aliphatic rings. The summed E-state index contributed by atoms with van der Waals surface area (Å²) in [6, 6.07) is -0.624. The number of carbonyl (C=O) groups is 1. The van der Waals surface area contributed by atoms with E-state index in [4.69, 9.17) is 0 Å². The minimum atomic E-state index is -0.841. The van der Waals surface area contributed by atoms with Crippen molar-refractivity contribution < 1.29 is 15.0 Å². The van der Waals surface area contributed by atoms with Crippen LogP contribution in [0.2, 0.25) is 0 Å². The molecule has 0 heterocycles. The lowest BCUT2D eigenvalue weighted by Gasteiger charge is -2.20. The molecule has 0 aromatic heterocycles. The Morgan fingerprint density at radius 1 is 0.410 bits per heavy atom. The molecule has 0 spiro atoms. The molecule has 0 radical (unpaired) electrons. The summed E-state index contributed by atoms with van der Waals surface area (Å²) in [5.41, 5.74) is 0. The molecule has 2 unspecified atom stereocenters. The highest BCUT2D eigenvalue weighted by molar-refractivity contribution is 5.76. The Morgan fingerprint density at radius 3 is 1.08 bits per heavy atom. The van der Waals surface area contributed by atoms with Crippen molar-refractivity contribution in [1.82, 2.24) is 5.32 Å². The van der Waals surface area contributed by atoms with Gasteiger partial charge in [-0.3, -0.25) is 4.79 Å². The molecule has 2 atom stereocenters. The second kappa shape index (κ2) is 51.9. The summed E-state index contributed by atoms with van der Waals surface area (Å²) in [4.78, 5) is 12.4. The zero-order valence-electron chi connectivity index (χ0n) is 40.4. The standard InChI is InChI=1S/C57H101NO3/c1-3-5-7-9-11-13-15-17-19-20-21-22-23-24-25-26-27-28-29-30-31-32-33-34-35-36-37-38-39-41-43-45-47-49-51-53-57(61)58-55(54-59)56(60)52-50-48-46-44-42-40-18-16-14-12-10-8-6-4-2/h5,7,11,13,17,19,21-22,24-25,27-28,50,52,55-56,59-60H,3-4,6,8-10,12,14-16,18,20,23,26,29-49,51,53-54H2,1-2H3,(H,58,61)/b7-5-,13-11-,19-17-,22-21-,25-24-,28-27-,52-50+. The van der Waals surface area contributed by atoms with Gasteiger partial charge in [0.1, 0.15) is 0 Å². The van der Waals surface area contributed by atoms with Gasteiger partial charge in [0.25, 0.3) is 0 Å². The molecule has 0 aromatic rings. The summed E-state index contributed by atoms with van der Waals surface area (Å²) in [6.45, 7) is 4.19. The topological polar surface area (TPSA) is 69.6 Å². The summed E-state index contributed by atoms with van der Waals surface area (Å²) >= 11 is 0. The number of carbonyl (C=O) groups excluding carboxylic acids is 1. The van der Waals surface area contributed by atoms with E-state index in [-0.39, 0.29) is 12.5 Å². The fourth-order valence-corrected chi connectivity index (χ4v) is 7.65. The first-order valence-electron chi connectivity index (χ1n) is 26.3. The second-order valence-corrected chi connectivity index (χ2v) is 17.6. The molecular weight excluding hydrogens is 747 g/mol. The first-order valence-corrected chi connectivity index (χ1v) is 26.3. The second-order valence-electron chi connectivity index (χ2n) is 17.6. The summed E-state index contributed by atoms with van der Waals surface area (Å²) in [5.74, 6) is -0.0655. The maximum absolute atomic E-state index is 12.4. The molecule has 0 saturated carbocycles. The Bertz CT molecular complexity index is 1100. The van der Waals surface area contributed by atoms with Crippen LogP contribution in [0.5, 0.6) is 0 Å². The molecule has 4 nitrogen and oxygen atoms in total. The summed E-state index contributed by atoms with van der Waals surface area (Å²) in [5, 5.41) is 23.1. The molecule has 0 aliphatic heterocycles. The van der Waals surface area contributed by atoms with Crippen LogP contribution >= 0.6 is 0 Å². The van der Waals surface area contributed by atoms with Crippen LogP contribution in [0, 0.1) is 0 Å². The fraction of sp³-hybridized carbons (Fsp3) is 0.737. The van der Waals surface area contributed by atoms with Crippen molar-refractivity contribution in [2.75, 3.05) is 6.61 Å². The van der Waals surface area contributed by atoms with Crippen LogP contribution < -0.4 is 5.32 Å². The van der Waals surface area contributed by atoms with Crippen LogP contribution in [-0.4, -0.2) is 34.9 Å². The number of unbranched alkanes of at least 4 members (excludes halogenated alkanes) is 28. The van der Waals surface area contributed by atoms with E-state index in [2.05, 4.69) is 92.1 Å². The number of allylic oxidation sites excluding steroid dienone is 13. The first kappa shape index (κ1) is 58.6. The van der Waals surface area contributed by atoms with Gasteiger partial charge in [-0.25, -0.2) is 0 Å². The third-order valence-corrected chi connectivity index (χ3v) is 11.6. The lowest BCUT2D eigenvalue weighted by atomic mass is 10.0. The lowest BCUT2D eigenvalue weighted by Crippen LogP contribution is -2.45. The molecule has 3 N–H and O–H groups in total. The normalized spacial score (nSPS) is 13.6. The van der Waals surface area contributed by atoms with E-state index < -0.39 is 12.1 Å². The van der Waals surface area contributed by atoms with E-state index in [1.807, 2.05) is 6.08 Å². The van der Waals surface area contributed by atoms with Crippen molar-refractivity contribution >= 4 is 5.91 Å². The quantitative estimate of drug-likeness (QED) is 0.0422. The lowest BCUT2D eigenvalue weighted by molar-refractivity contribution is -0.123. The monoisotopic (exact) mass is 848 g/mol. The molecule has 1 amide bonds. The van der Waals surface area contributed by atoms with Crippen molar-refractivity contribution in [2.45, 2.75) is 264 Å². The van der Waals surface area contributed by atoms with Crippen LogP contribution in [0.25, 0.3) is 0 Å². The summed E-state index contributed by atoms with van der Waals surface area (Å²) < 4.78 is 0. The number of amides is 1. The molecule has 352 valence electrons. The van der Waals surface area contributed by atoms with Gasteiger partial charge in [0.2, 0.25) is 5.91 Å². The minimum Gasteiger partial charge on any atom is -0.394 e. The molecule has 4 heteroatoms. The largest absolute Gasteiger partial charge is 0.394 e. The van der Waals surface area contributed by atoms with Crippen LogP contribution in [-0.2, 0) is 4.79 Å². The SMILES string of the molecule is CC/C=C\C/C=C\C/C=C\C/C=C\C/C=C\C/C=C\CCCCCCCCCCCCCCCCCCC(=O)NC(CO)C(O)/C=C/CCCCCCCCCCCCCC. The zero-order valence-corrected chi connectivity index (χ0v) is 40.4. The third kappa shape index (κ3) is 48.5. The van der Waals surface area contributed by atoms with Crippen molar-refractivity contribution in [1.29, 1.82) is 0 Å². The Kier molecular flexibility index (Phi) is 49.8. The number of hydrogen-bond donors (Lipinski definition) is 3. The molecule has 0 aliphatic carbocycles. The van der Waals surface area contributed by atoms with Gasteiger partial charge in [-0.1, -0.05) is 259 Å². The molecule has 0 fully saturated rings. The van der Waals surface area contributed by atoms with Gasteiger partial charge in [-0.15, -0.1) is 0 Å². The average molecular weight is 848 g/mol. The molecule has 0 saturated heterocycles. The van der Waals surface area contributed by atoms with Crippen molar-refractivity contribution in [2.24, 2.45) is 0 Å². The van der Waals surface area contributed by atoms with Crippen LogP contribution in [0.4, 0.5) is 0 Å². The Morgan fingerprint density at radius 2 is 0.721 bits per heavy atom. The average Bonchev–Trinajstić information content (AvgIpc) is 3.26. The van der Waals surface area contributed by atoms with E-state index in [1.165, 1.54) is 167 Å². The van der Waals surface area contributed by atoms with E-state index in [0.29, 0.717) is 6.42 Å². The van der Waals surface area contributed by atoms with Gasteiger partial charge in [0, 0.05) is 6.42 Å². The Balaban J connectivity index is 3.50. The first-order chi connectivity index (χ1) is 30.2. The molecule has 0 rings (SSSR count). The number of aliphatic hydroxyl groups is 2. The Labute approximate surface area is 380 Å².